The molecule has 0 aliphatic carbocycles. The van der Waals surface area contributed by atoms with E-state index in [2.05, 4.69) is 22.0 Å². The third-order valence-electron chi connectivity index (χ3n) is 7.92. The van der Waals surface area contributed by atoms with Crippen molar-refractivity contribution in [2.45, 2.75) is 31.3 Å². The smallest absolute Gasteiger partial charge is 0.328 e. The number of aromatic amines is 1. The molecule has 1 saturated heterocycles. The number of benzene rings is 2. The fourth-order valence-electron chi connectivity index (χ4n) is 6.08. The van der Waals surface area contributed by atoms with E-state index in [9.17, 15) is 14.7 Å². The Morgan fingerprint density at radius 3 is 2.76 bits per heavy atom. The number of urea groups is 1. The van der Waals surface area contributed by atoms with E-state index in [0.717, 1.165) is 19.5 Å². The first-order valence-electron chi connectivity index (χ1n) is 12.5. The Hall–Kier alpha value is -3.85. The van der Waals surface area contributed by atoms with Gasteiger partial charge in [-0.2, -0.15) is 0 Å². The van der Waals surface area contributed by atoms with Crippen molar-refractivity contribution >= 4 is 22.8 Å². The molecule has 6 rings (SSSR count). The van der Waals surface area contributed by atoms with Gasteiger partial charge >= 0.3 is 6.03 Å². The highest BCUT2D eigenvalue weighted by Gasteiger charge is 2.60. The minimum absolute atomic E-state index is 0.0447. The van der Waals surface area contributed by atoms with Gasteiger partial charge in [0.25, 0.3) is 5.91 Å². The first-order chi connectivity index (χ1) is 17.8. The van der Waals surface area contributed by atoms with Crippen molar-refractivity contribution in [2.75, 3.05) is 33.3 Å². The molecule has 1 fully saturated rings. The van der Waals surface area contributed by atoms with E-state index in [1.807, 2.05) is 6.07 Å². The van der Waals surface area contributed by atoms with Gasteiger partial charge in [-0.25, -0.2) is 9.18 Å². The predicted octanol–water partition coefficient (Wildman–Crippen LogP) is 3.95. The van der Waals surface area contributed by atoms with Crippen LogP contribution in [0.4, 0.5) is 9.18 Å². The van der Waals surface area contributed by atoms with Crippen molar-refractivity contribution in [2.24, 2.45) is 0 Å². The molecule has 3 amide bonds. The quantitative estimate of drug-likeness (QED) is 0.406. The summed E-state index contributed by atoms with van der Waals surface area (Å²) in [5.41, 5.74) is 1.26. The number of halogens is 1. The SMILES string of the molecule is COc1ccc2[nH]c3c(c2c1F)C[C@@]1(C)C(=O)N(CCN2CC=CCC2)C(=O)N1[C@@H]3c1cccc(O)c1. The van der Waals surface area contributed by atoms with Gasteiger partial charge in [-0.1, -0.05) is 24.3 Å². The third kappa shape index (κ3) is 3.52. The Bertz CT molecular complexity index is 1450. The predicted molar refractivity (Wildman–Crippen MR) is 136 cm³/mol. The molecule has 192 valence electrons. The number of hydrogen-bond donors (Lipinski definition) is 2. The van der Waals surface area contributed by atoms with Gasteiger partial charge in [-0.05, 0) is 48.7 Å². The van der Waals surface area contributed by atoms with Crippen molar-refractivity contribution in [3.63, 3.8) is 0 Å². The van der Waals surface area contributed by atoms with Crippen LogP contribution in [-0.2, 0) is 11.2 Å². The number of carbonyl (C=O) groups excluding carboxylic acids is 2. The first kappa shape index (κ1) is 23.5. The van der Waals surface area contributed by atoms with E-state index in [1.54, 1.807) is 42.2 Å². The number of phenols is 1. The van der Waals surface area contributed by atoms with Crippen molar-refractivity contribution in [3.8, 4) is 11.5 Å². The number of imide groups is 1. The van der Waals surface area contributed by atoms with Crippen LogP contribution in [0, 0.1) is 5.82 Å². The van der Waals surface area contributed by atoms with Gasteiger partial charge in [0.15, 0.2) is 11.6 Å². The Morgan fingerprint density at radius 1 is 1.19 bits per heavy atom. The Kier molecular flexibility index (Phi) is 5.49. The maximum atomic E-state index is 15.6. The number of fused-ring (bicyclic) bond motifs is 4. The van der Waals surface area contributed by atoms with Crippen LogP contribution in [0.3, 0.4) is 0 Å². The van der Waals surface area contributed by atoms with Crippen LogP contribution in [0.25, 0.3) is 10.9 Å². The maximum Gasteiger partial charge on any atom is 0.328 e. The van der Waals surface area contributed by atoms with E-state index < -0.39 is 17.4 Å². The first-order valence-corrected chi connectivity index (χ1v) is 12.5. The highest BCUT2D eigenvalue weighted by atomic mass is 19.1. The summed E-state index contributed by atoms with van der Waals surface area (Å²) in [7, 11) is 1.41. The highest BCUT2D eigenvalue weighted by molar-refractivity contribution is 6.08. The van der Waals surface area contributed by atoms with Crippen molar-refractivity contribution in [1.82, 2.24) is 19.7 Å². The van der Waals surface area contributed by atoms with Crippen molar-refractivity contribution in [1.29, 1.82) is 0 Å². The summed E-state index contributed by atoms with van der Waals surface area (Å²) in [5.74, 6) is -0.639. The molecule has 0 saturated carbocycles. The molecular weight excluding hydrogens is 475 g/mol. The van der Waals surface area contributed by atoms with Crippen molar-refractivity contribution in [3.05, 3.63) is 71.2 Å². The number of H-pyrrole nitrogens is 1. The zero-order chi connectivity index (χ0) is 25.9. The molecule has 2 atom stereocenters. The number of methoxy groups -OCH3 is 1. The molecule has 0 unspecified atom stereocenters. The largest absolute Gasteiger partial charge is 0.508 e. The number of hydrogen-bond acceptors (Lipinski definition) is 5. The lowest BCUT2D eigenvalue weighted by Gasteiger charge is -2.42. The number of amides is 3. The molecule has 9 heteroatoms. The number of nitrogens with one attached hydrogen (secondary N) is 1. The minimum Gasteiger partial charge on any atom is -0.508 e. The maximum absolute atomic E-state index is 15.6. The fourth-order valence-corrected chi connectivity index (χ4v) is 6.08. The number of carbonyl (C=O) groups is 2. The summed E-state index contributed by atoms with van der Waals surface area (Å²) in [4.78, 5) is 36.3. The van der Waals surface area contributed by atoms with Crippen LogP contribution < -0.4 is 4.74 Å². The van der Waals surface area contributed by atoms with E-state index in [0.29, 0.717) is 34.3 Å². The molecule has 3 aromatic rings. The highest BCUT2D eigenvalue weighted by Crippen LogP contribution is 2.49. The average Bonchev–Trinajstić information content (AvgIpc) is 3.34. The molecule has 8 nitrogen and oxygen atoms in total. The van der Waals surface area contributed by atoms with Gasteiger partial charge in [0.2, 0.25) is 0 Å². The number of nitrogens with zero attached hydrogens (tertiary/aromatic N) is 3. The Labute approximate surface area is 213 Å². The molecule has 4 heterocycles. The molecule has 1 aromatic heterocycles. The third-order valence-corrected chi connectivity index (χ3v) is 7.92. The molecule has 3 aliphatic heterocycles. The number of phenolic OH excluding ortho intramolecular Hbond substituents is 1. The average molecular weight is 505 g/mol. The van der Waals surface area contributed by atoms with Gasteiger partial charge in [-0.3, -0.25) is 19.5 Å². The summed E-state index contributed by atoms with van der Waals surface area (Å²) in [5, 5.41) is 10.6. The molecule has 0 radical (unpaired) electrons. The molecule has 2 aromatic carbocycles. The molecular formula is C28H29FN4O4. The van der Waals surface area contributed by atoms with Gasteiger partial charge in [-0.15, -0.1) is 0 Å². The fraction of sp³-hybridized carbons (Fsp3) is 0.357. The normalized spacial score (nSPS) is 23.6. The van der Waals surface area contributed by atoms with Gasteiger partial charge in [0.1, 0.15) is 17.3 Å². The van der Waals surface area contributed by atoms with Gasteiger partial charge in [0.05, 0.1) is 7.11 Å². The second-order valence-electron chi connectivity index (χ2n) is 10.1. The summed E-state index contributed by atoms with van der Waals surface area (Å²) >= 11 is 0. The molecule has 0 spiro atoms. The van der Waals surface area contributed by atoms with Crippen LogP contribution in [0.2, 0.25) is 0 Å². The van der Waals surface area contributed by atoms with E-state index in [-0.39, 0.29) is 36.4 Å². The second kappa shape index (κ2) is 8.62. The summed E-state index contributed by atoms with van der Waals surface area (Å²) in [6, 6.07) is 8.86. The van der Waals surface area contributed by atoms with Gasteiger partial charge in [0, 0.05) is 49.2 Å². The summed E-state index contributed by atoms with van der Waals surface area (Å²) < 4.78 is 20.8. The van der Waals surface area contributed by atoms with Gasteiger partial charge < -0.3 is 14.8 Å². The molecule has 2 N–H and O–H groups in total. The van der Waals surface area contributed by atoms with Crippen LogP contribution in [-0.4, -0.2) is 75.6 Å². The summed E-state index contributed by atoms with van der Waals surface area (Å²) in [6.45, 7) is 4.30. The lowest BCUT2D eigenvalue weighted by atomic mass is 9.81. The zero-order valence-electron chi connectivity index (χ0n) is 20.8. The second-order valence-corrected chi connectivity index (χ2v) is 10.1. The Balaban J connectivity index is 1.48. The van der Waals surface area contributed by atoms with E-state index in [4.69, 9.17) is 4.74 Å². The Morgan fingerprint density at radius 2 is 2.03 bits per heavy atom. The standard InChI is InChI=1S/C28H29FN4O4/c1-28-16-19-22-20(9-10-21(37-2)23(22)29)30-24(19)25(17-7-6-8-18(34)15-17)33(28)27(36)32(26(28)35)14-13-31-11-4-3-5-12-31/h3-4,6-10,15,25,30,34H,5,11-14,16H2,1-2H3/t25-,28+/m1/s1. The van der Waals surface area contributed by atoms with Crippen LogP contribution in [0.15, 0.2) is 48.6 Å². The lowest BCUT2D eigenvalue weighted by molar-refractivity contribution is -0.133. The van der Waals surface area contributed by atoms with Crippen LogP contribution in [0.1, 0.15) is 36.2 Å². The molecule has 0 bridgehead atoms. The monoisotopic (exact) mass is 504 g/mol. The van der Waals surface area contributed by atoms with E-state index in [1.165, 1.54) is 12.0 Å². The number of aromatic nitrogens is 1. The lowest BCUT2D eigenvalue weighted by Crippen LogP contribution is -2.53. The number of ether oxygens (including phenoxy) is 1. The molecule has 3 aliphatic rings. The van der Waals surface area contributed by atoms with E-state index >= 15 is 4.39 Å². The number of rotatable bonds is 5. The summed E-state index contributed by atoms with van der Waals surface area (Å²) in [6.07, 6.45) is 5.34. The van der Waals surface area contributed by atoms with Crippen molar-refractivity contribution < 1.29 is 23.8 Å². The number of aromatic hydroxyl groups is 1. The topological polar surface area (TPSA) is 89.1 Å². The molecule has 37 heavy (non-hydrogen) atoms. The van der Waals surface area contributed by atoms with Crippen LogP contribution in [0.5, 0.6) is 11.5 Å². The zero-order valence-corrected chi connectivity index (χ0v) is 20.8. The minimum atomic E-state index is -1.22. The van der Waals surface area contributed by atoms with Crippen LogP contribution >= 0.6 is 0 Å².